The Morgan fingerprint density at radius 3 is 2.68 bits per heavy atom. The van der Waals surface area contributed by atoms with Gasteiger partial charge in [-0.1, -0.05) is 13.3 Å². The zero-order valence-corrected chi connectivity index (χ0v) is 22.6. The summed E-state index contributed by atoms with van der Waals surface area (Å²) in [5, 5.41) is 2.84. The Balaban J connectivity index is 1.72. The first-order valence-electron chi connectivity index (χ1n) is 12.5. The maximum Gasteiger partial charge on any atom is 0.417 e. The van der Waals surface area contributed by atoms with Crippen LogP contribution in [-0.4, -0.2) is 80.8 Å². The number of carbonyl (C=O) groups is 2. The number of hydrazine groups is 1. The summed E-state index contributed by atoms with van der Waals surface area (Å²) >= 11 is 6.07. The molecule has 3 unspecified atom stereocenters. The first-order valence-corrected chi connectivity index (χ1v) is 14.4. The SMILES string of the molecule is CCN1CCCCC1CCNS(=O)(=O)c1cc(NC(=O)CN2NCC(Cl)C(CN)C2=O)ccc1C(F)(F)F. The third-order valence-electron chi connectivity index (χ3n) is 6.84. The average Bonchev–Trinajstić information content (AvgIpc) is 2.85. The number of piperidine rings is 1. The van der Waals surface area contributed by atoms with Crippen LogP contribution in [0.4, 0.5) is 18.9 Å². The van der Waals surface area contributed by atoms with E-state index in [-0.39, 0.29) is 31.4 Å². The number of rotatable bonds is 10. The highest BCUT2D eigenvalue weighted by atomic mass is 35.5. The lowest BCUT2D eigenvalue weighted by molar-refractivity contribution is -0.144. The number of sulfonamides is 1. The van der Waals surface area contributed by atoms with Gasteiger partial charge in [-0.3, -0.25) is 14.6 Å². The van der Waals surface area contributed by atoms with E-state index < -0.39 is 56.3 Å². The van der Waals surface area contributed by atoms with Crippen molar-refractivity contribution in [1.82, 2.24) is 20.1 Å². The van der Waals surface area contributed by atoms with Gasteiger partial charge in [0.1, 0.15) is 6.54 Å². The molecule has 5 N–H and O–H groups in total. The predicted octanol–water partition coefficient (Wildman–Crippen LogP) is 1.72. The highest BCUT2D eigenvalue weighted by Crippen LogP contribution is 2.35. The van der Waals surface area contributed by atoms with Gasteiger partial charge in [0, 0.05) is 31.4 Å². The Hall–Kier alpha value is -1.97. The van der Waals surface area contributed by atoms with Gasteiger partial charge in [0.25, 0.3) is 0 Å². The standard InChI is InChI=1S/C23H34ClF3N6O4S/c1-2-32-10-4-3-5-16(32)8-9-30-38(36,37)20-11-15(6-7-18(20)23(25,26)27)31-21(34)14-33-22(35)17(12-28)19(24)13-29-33/h6-7,11,16-17,19,29-30H,2-5,8-10,12-14,28H2,1H3,(H,31,34). The van der Waals surface area contributed by atoms with Gasteiger partial charge in [-0.25, -0.2) is 18.6 Å². The van der Waals surface area contributed by atoms with Crippen molar-refractivity contribution in [3.8, 4) is 0 Å². The van der Waals surface area contributed by atoms with Crippen molar-refractivity contribution in [2.45, 2.75) is 55.1 Å². The van der Waals surface area contributed by atoms with E-state index in [9.17, 15) is 31.2 Å². The Morgan fingerprint density at radius 1 is 1.29 bits per heavy atom. The van der Waals surface area contributed by atoms with Crippen molar-refractivity contribution in [3.63, 3.8) is 0 Å². The third-order valence-corrected chi connectivity index (χ3v) is 8.80. The van der Waals surface area contributed by atoms with Crippen LogP contribution in [0, 0.1) is 5.92 Å². The molecule has 1 aromatic carbocycles. The van der Waals surface area contributed by atoms with Gasteiger partial charge < -0.3 is 16.0 Å². The smallest absolute Gasteiger partial charge is 0.330 e. The fourth-order valence-corrected chi connectivity index (χ4v) is 6.37. The molecule has 0 spiro atoms. The third kappa shape index (κ3) is 7.57. The molecule has 0 aliphatic carbocycles. The van der Waals surface area contributed by atoms with E-state index in [1.807, 2.05) is 6.92 Å². The quantitative estimate of drug-likeness (QED) is 0.308. The second-order valence-electron chi connectivity index (χ2n) is 9.37. The van der Waals surface area contributed by atoms with Crippen LogP contribution in [0.3, 0.4) is 0 Å². The highest BCUT2D eigenvalue weighted by molar-refractivity contribution is 7.89. The van der Waals surface area contributed by atoms with Crippen LogP contribution in [0.2, 0.25) is 0 Å². The van der Waals surface area contributed by atoms with E-state index >= 15 is 0 Å². The number of halogens is 4. The Bertz CT molecular complexity index is 1110. The van der Waals surface area contributed by atoms with Gasteiger partial charge in [-0.2, -0.15) is 13.2 Å². The van der Waals surface area contributed by atoms with E-state index in [1.54, 1.807) is 0 Å². The first kappa shape index (κ1) is 30.6. The van der Waals surface area contributed by atoms with E-state index in [4.69, 9.17) is 17.3 Å². The number of nitrogens with zero attached hydrogens (tertiary/aromatic N) is 2. The number of amides is 2. The maximum atomic E-state index is 13.7. The molecule has 2 fully saturated rings. The molecule has 3 rings (SSSR count). The lowest BCUT2D eigenvalue weighted by atomic mass is 10.00. The molecule has 15 heteroatoms. The summed E-state index contributed by atoms with van der Waals surface area (Å²) in [6.45, 7) is 3.41. The summed E-state index contributed by atoms with van der Waals surface area (Å²) in [6.07, 6.45) is -1.49. The molecule has 0 aromatic heterocycles. The van der Waals surface area contributed by atoms with E-state index in [0.717, 1.165) is 49.5 Å². The van der Waals surface area contributed by atoms with Gasteiger partial charge in [-0.05, 0) is 50.6 Å². The van der Waals surface area contributed by atoms with E-state index in [1.165, 1.54) is 0 Å². The fraction of sp³-hybridized carbons (Fsp3) is 0.652. The number of hydrogen-bond acceptors (Lipinski definition) is 7. The molecule has 2 aliphatic heterocycles. The summed E-state index contributed by atoms with van der Waals surface area (Å²) in [7, 11) is -4.56. The number of carbonyl (C=O) groups excluding carboxylic acids is 2. The molecule has 0 saturated carbocycles. The Labute approximate surface area is 225 Å². The molecule has 2 amide bonds. The van der Waals surface area contributed by atoms with E-state index in [0.29, 0.717) is 12.5 Å². The van der Waals surface area contributed by atoms with Gasteiger partial charge in [-0.15, -0.1) is 11.6 Å². The second-order valence-corrected chi connectivity index (χ2v) is 11.7. The zero-order valence-electron chi connectivity index (χ0n) is 21.1. The molecule has 2 saturated heterocycles. The van der Waals surface area contributed by atoms with Crippen LogP contribution in [0.15, 0.2) is 23.1 Å². The summed E-state index contributed by atoms with van der Waals surface area (Å²) in [5.74, 6) is -1.94. The first-order chi connectivity index (χ1) is 17.9. The number of anilines is 1. The monoisotopic (exact) mass is 582 g/mol. The molecule has 0 bridgehead atoms. The number of hydrogen-bond donors (Lipinski definition) is 4. The van der Waals surface area contributed by atoms with Crippen LogP contribution >= 0.6 is 11.6 Å². The van der Waals surface area contributed by atoms with Crippen molar-refractivity contribution in [2.24, 2.45) is 11.7 Å². The molecular formula is C23H34ClF3N6O4S. The molecule has 10 nitrogen and oxygen atoms in total. The van der Waals surface area contributed by atoms with Crippen molar-refractivity contribution in [1.29, 1.82) is 0 Å². The lowest BCUT2D eigenvalue weighted by Gasteiger charge is -2.35. The van der Waals surface area contributed by atoms with Crippen molar-refractivity contribution < 1.29 is 31.2 Å². The summed E-state index contributed by atoms with van der Waals surface area (Å²) in [4.78, 5) is 26.3. The van der Waals surface area contributed by atoms with Gasteiger partial charge in [0.15, 0.2) is 0 Å². The number of nitrogens with two attached hydrogens (primary N) is 1. The van der Waals surface area contributed by atoms with Crippen LogP contribution in [0.1, 0.15) is 38.2 Å². The van der Waals surface area contributed by atoms with Gasteiger partial charge in [0.05, 0.1) is 21.8 Å². The van der Waals surface area contributed by atoms with Crippen molar-refractivity contribution >= 4 is 39.1 Å². The van der Waals surface area contributed by atoms with Crippen LogP contribution in [0.5, 0.6) is 0 Å². The Kier molecular flexibility index (Phi) is 10.4. The summed E-state index contributed by atoms with van der Waals surface area (Å²) in [5.41, 5.74) is 6.77. The normalized spacial score (nSPS) is 23.5. The summed E-state index contributed by atoms with van der Waals surface area (Å²) < 4.78 is 69.3. The number of nitrogens with one attached hydrogen (secondary N) is 3. The number of benzene rings is 1. The zero-order chi connectivity index (χ0) is 28.1. The van der Waals surface area contributed by atoms with Crippen LogP contribution in [-0.2, 0) is 25.8 Å². The number of alkyl halides is 4. The molecular weight excluding hydrogens is 549 g/mol. The lowest BCUT2D eigenvalue weighted by Crippen LogP contribution is -2.59. The molecule has 3 atom stereocenters. The van der Waals surface area contributed by atoms with Crippen molar-refractivity contribution in [3.05, 3.63) is 23.8 Å². The van der Waals surface area contributed by atoms with Gasteiger partial charge in [0.2, 0.25) is 21.8 Å². The fourth-order valence-electron chi connectivity index (χ4n) is 4.80. The van der Waals surface area contributed by atoms with Crippen molar-refractivity contribution in [2.75, 3.05) is 44.6 Å². The molecule has 38 heavy (non-hydrogen) atoms. The predicted molar refractivity (Wildman–Crippen MR) is 137 cm³/mol. The van der Waals surface area contributed by atoms with Gasteiger partial charge >= 0.3 is 6.18 Å². The molecule has 2 aliphatic rings. The molecule has 1 aromatic rings. The maximum absolute atomic E-state index is 13.7. The topological polar surface area (TPSA) is 137 Å². The van der Waals surface area contributed by atoms with Crippen LogP contribution < -0.4 is 21.2 Å². The largest absolute Gasteiger partial charge is 0.417 e. The molecule has 0 radical (unpaired) electrons. The molecule has 2 heterocycles. The van der Waals surface area contributed by atoms with E-state index in [2.05, 4.69) is 20.4 Å². The minimum atomic E-state index is -4.94. The Morgan fingerprint density at radius 2 is 2.03 bits per heavy atom. The minimum absolute atomic E-state index is 0.0167. The average molecular weight is 583 g/mol. The minimum Gasteiger partial charge on any atom is -0.330 e. The summed E-state index contributed by atoms with van der Waals surface area (Å²) in [6, 6.07) is 2.49. The second kappa shape index (κ2) is 12.9. The molecule has 214 valence electrons. The van der Waals surface area contributed by atoms with Crippen LogP contribution in [0.25, 0.3) is 0 Å². The highest BCUT2D eigenvalue weighted by Gasteiger charge is 2.38. The number of likely N-dealkylation sites (tertiary alicyclic amines) is 1.